The number of nitrogens with one attached hydrogen (secondary N) is 1. The van der Waals surface area contributed by atoms with E-state index in [1.807, 2.05) is 6.07 Å². The number of carbonyl (C=O) groups is 1. The molecule has 0 radical (unpaired) electrons. The van der Waals surface area contributed by atoms with E-state index in [0.29, 0.717) is 17.9 Å². The van der Waals surface area contributed by atoms with E-state index >= 15 is 0 Å². The second kappa shape index (κ2) is 8.50. The van der Waals surface area contributed by atoms with Crippen molar-refractivity contribution in [3.8, 4) is 0 Å². The second-order valence-corrected chi connectivity index (χ2v) is 6.50. The van der Waals surface area contributed by atoms with Crippen molar-refractivity contribution in [3.05, 3.63) is 88.8 Å². The number of nitrogens with two attached hydrogens (primary N) is 1. The van der Waals surface area contributed by atoms with Crippen molar-refractivity contribution >= 4 is 23.2 Å². The monoisotopic (exact) mass is 409 g/mol. The van der Waals surface area contributed by atoms with Crippen LogP contribution in [0.15, 0.2) is 71.3 Å². The molecule has 3 aromatic rings. The molecule has 4 nitrogen and oxygen atoms in total. The summed E-state index contributed by atoms with van der Waals surface area (Å²) in [7, 11) is 0. The number of halogens is 4. The number of hydrogen-bond donors (Lipinski definition) is 2. The van der Waals surface area contributed by atoms with Crippen LogP contribution in [0.1, 0.15) is 22.9 Å². The first-order chi connectivity index (χ1) is 13.3. The fraction of sp³-hybridized carbons (Fsp3) is 0.150. The molecule has 0 unspecified atom stereocenters. The van der Waals surface area contributed by atoms with E-state index in [-0.39, 0.29) is 10.7 Å². The van der Waals surface area contributed by atoms with Crippen LogP contribution in [-0.2, 0) is 17.5 Å². The molecule has 1 amide bonds. The van der Waals surface area contributed by atoms with Gasteiger partial charge in [-0.25, -0.2) is 0 Å². The highest BCUT2D eigenvalue weighted by Crippen LogP contribution is 2.34. The Morgan fingerprint density at radius 1 is 1.11 bits per heavy atom. The molecule has 28 heavy (non-hydrogen) atoms. The molecule has 0 aliphatic rings. The van der Waals surface area contributed by atoms with Crippen LogP contribution in [0.25, 0.3) is 0 Å². The maximum Gasteiger partial charge on any atom is 0.416 e. The van der Waals surface area contributed by atoms with E-state index in [1.54, 1.807) is 41.7 Å². The summed E-state index contributed by atoms with van der Waals surface area (Å²) in [6, 6.07) is 14.6. The summed E-state index contributed by atoms with van der Waals surface area (Å²) < 4.78 is 44.2. The van der Waals surface area contributed by atoms with Crippen LogP contribution in [0.4, 0.5) is 18.9 Å². The largest absolute Gasteiger partial charge is 0.463 e. The predicted molar refractivity (Wildman–Crippen MR) is 98.6 cm³/mol. The molecule has 2 aromatic carbocycles. The normalized spacial score (nSPS) is 12.6. The van der Waals surface area contributed by atoms with Crippen molar-refractivity contribution < 1.29 is 27.7 Å². The molecule has 0 saturated carbocycles. The second-order valence-electron chi connectivity index (χ2n) is 6.09. The Morgan fingerprint density at radius 2 is 1.86 bits per heavy atom. The summed E-state index contributed by atoms with van der Waals surface area (Å²) in [6.45, 7) is 0.385. The number of benzene rings is 2. The van der Waals surface area contributed by atoms with Crippen molar-refractivity contribution in [2.45, 2.75) is 18.8 Å². The van der Waals surface area contributed by atoms with Crippen LogP contribution in [0.5, 0.6) is 0 Å². The smallest absolute Gasteiger partial charge is 0.416 e. The quantitative estimate of drug-likeness (QED) is 0.634. The Hall–Kier alpha value is -2.77. The first kappa shape index (κ1) is 20.0. The maximum atomic E-state index is 13.0. The standard InChI is InChI=1S/C20H16ClF3N2O2/c21-16-9-8-14(20(22,23)24)11-17(16)26-19(27)18(13-5-2-1-3-6-13)25-12-15-7-4-10-28-15/h1-11,18,25H,12H2,(H,26,27)/p+1/t18-/m0/s1. The van der Waals surface area contributed by atoms with Crippen molar-refractivity contribution in [3.63, 3.8) is 0 Å². The fourth-order valence-electron chi connectivity index (χ4n) is 2.73. The molecule has 1 aromatic heterocycles. The Bertz CT molecular complexity index is 928. The molecular weight excluding hydrogens is 393 g/mol. The number of quaternary nitrogens is 1. The van der Waals surface area contributed by atoms with Gasteiger partial charge in [0.15, 0.2) is 11.8 Å². The average Bonchev–Trinajstić information content (AvgIpc) is 3.17. The van der Waals surface area contributed by atoms with Gasteiger partial charge in [0, 0.05) is 5.56 Å². The van der Waals surface area contributed by atoms with Crippen LogP contribution in [0.3, 0.4) is 0 Å². The topological polar surface area (TPSA) is 58.9 Å². The lowest BCUT2D eigenvalue weighted by atomic mass is 10.1. The van der Waals surface area contributed by atoms with Gasteiger partial charge in [-0.05, 0) is 30.3 Å². The summed E-state index contributed by atoms with van der Waals surface area (Å²) in [4.78, 5) is 12.9. The molecule has 3 rings (SSSR count). The molecular formula is C20H17ClF3N2O2+. The minimum absolute atomic E-state index is 0.0270. The number of hydrogen-bond acceptors (Lipinski definition) is 2. The van der Waals surface area contributed by atoms with Crippen LogP contribution in [0.2, 0.25) is 5.02 Å². The highest BCUT2D eigenvalue weighted by Gasteiger charge is 2.32. The molecule has 1 atom stereocenters. The van der Waals surface area contributed by atoms with Gasteiger partial charge in [-0.1, -0.05) is 41.9 Å². The number of anilines is 1. The van der Waals surface area contributed by atoms with Crippen molar-refractivity contribution in [2.24, 2.45) is 0 Å². The number of carbonyl (C=O) groups excluding carboxylic acids is 1. The minimum atomic E-state index is -4.53. The van der Waals surface area contributed by atoms with E-state index in [0.717, 1.165) is 18.2 Å². The molecule has 0 fully saturated rings. The zero-order valence-corrected chi connectivity index (χ0v) is 15.3. The Kier molecular flexibility index (Phi) is 6.06. The average molecular weight is 410 g/mol. The highest BCUT2D eigenvalue weighted by atomic mass is 35.5. The zero-order chi connectivity index (χ0) is 20.1. The molecule has 0 bridgehead atoms. The SMILES string of the molecule is O=C(Nc1cc(C(F)(F)F)ccc1Cl)[C@@H]([NH2+]Cc1ccco1)c1ccccc1. The van der Waals surface area contributed by atoms with Gasteiger partial charge >= 0.3 is 6.18 Å². The number of alkyl halides is 3. The Balaban J connectivity index is 1.83. The third-order valence-corrected chi connectivity index (χ3v) is 4.46. The van der Waals surface area contributed by atoms with Gasteiger partial charge in [0.2, 0.25) is 0 Å². The van der Waals surface area contributed by atoms with Crippen molar-refractivity contribution in [2.75, 3.05) is 5.32 Å². The lowest BCUT2D eigenvalue weighted by molar-refractivity contribution is -0.699. The summed E-state index contributed by atoms with van der Waals surface area (Å²) in [5.74, 6) is 0.185. The molecule has 0 saturated heterocycles. The van der Waals surface area contributed by atoms with Crippen LogP contribution >= 0.6 is 11.6 Å². The predicted octanol–water partition coefficient (Wildman–Crippen LogP) is 4.40. The van der Waals surface area contributed by atoms with Gasteiger partial charge in [0.1, 0.15) is 6.54 Å². The lowest BCUT2D eigenvalue weighted by Gasteiger charge is -2.17. The van der Waals surface area contributed by atoms with E-state index in [2.05, 4.69) is 5.32 Å². The zero-order valence-electron chi connectivity index (χ0n) is 14.5. The van der Waals surface area contributed by atoms with Gasteiger partial charge in [-0.3, -0.25) is 4.79 Å². The highest BCUT2D eigenvalue weighted by molar-refractivity contribution is 6.33. The molecule has 0 aliphatic heterocycles. The first-order valence-corrected chi connectivity index (χ1v) is 8.80. The van der Waals surface area contributed by atoms with Gasteiger partial charge in [0.25, 0.3) is 5.91 Å². The number of furan rings is 1. The van der Waals surface area contributed by atoms with Gasteiger partial charge in [-0.15, -0.1) is 0 Å². The van der Waals surface area contributed by atoms with Gasteiger partial charge in [0.05, 0.1) is 22.5 Å². The summed E-state index contributed by atoms with van der Waals surface area (Å²) in [5.41, 5.74) is -0.272. The molecule has 1 heterocycles. The summed E-state index contributed by atoms with van der Waals surface area (Å²) in [6.07, 6.45) is -3.00. The molecule has 8 heteroatoms. The Morgan fingerprint density at radius 3 is 2.50 bits per heavy atom. The van der Waals surface area contributed by atoms with Gasteiger partial charge in [-0.2, -0.15) is 13.2 Å². The third kappa shape index (κ3) is 4.94. The third-order valence-electron chi connectivity index (χ3n) is 4.13. The minimum Gasteiger partial charge on any atom is -0.463 e. The van der Waals surface area contributed by atoms with E-state index < -0.39 is 23.7 Å². The molecule has 3 N–H and O–H groups in total. The van der Waals surface area contributed by atoms with Crippen molar-refractivity contribution in [1.29, 1.82) is 0 Å². The number of amides is 1. The van der Waals surface area contributed by atoms with Crippen LogP contribution < -0.4 is 10.6 Å². The van der Waals surface area contributed by atoms with Crippen LogP contribution in [-0.4, -0.2) is 5.91 Å². The van der Waals surface area contributed by atoms with E-state index in [9.17, 15) is 18.0 Å². The maximum absolute atomic E-state index is 13.0. The fourth-order valence-corrected chi connectivity index (χ4v) is 2.89. The Labute approximate surface area is 164 Å². The van der Waals surface area contributed by atoms with Gasteiger partial charge < -0.3 is 15.1 Å². The first-order valence-electron chi connectivity index (χ1n) is 8.43. The van der Waals surface area contributed by atoms with Crippen LogP contribution in [0, 0.1) is 0 Å². The molecule has 0 spiro atoms. The number of rotatable bonds is 6. The molecule has 146 valence electrons. The van der Waals surface area contributed by atoms with Crippen molar-refractivity contribution in [1.82, 2.24) is 0 Å². The molecule has 0 aliphatic carbocycles. The van der Waals surface area contributed by atoms with E-state index in [1.165, 1.54) is 6.26 Å². The summed E-state index contributed by atoms with van der Waals surface area (Å²) >= 11 is 5.99. The van der Waals surface area contributed by atoms with E-state index in [4.69, 9.17) is 16.0 Å². The summed E-state index contributed by atoms with van der Waals surface area (Å²) in [5, 5.41) is 4.29. The lowest BCUT2D eigenvalue weighted by Crippen LogP contribution is -2.85.